The van der Waals surface area contributed by atoms with Gasteiger partial charge in [0.2, 0.25) is 0 Å². The average Bonchev–Trinajstić information content (AvgIpc) is 3.47. The van der Waals surface area contributed by atoms with E-state index in [1.165, 1.54) is 0 Å². The Bertz CT molecular complexity index is 1230. The summed E-state index contributed by atoms with van der Waals surface area (Å²) in [6.07, 6.45) is 3.86. The normalized spacial score (nSPS) is 10.9. The maximum absolute atomic E-state index is 4.89. The van der Waals surface area contributed by atoms with E-state index in [1.54, 1.807) is 18.1 Å². The number of para-hydroxylation sites is 2. The molecule has 0 bridgehead atoms. The van der Waals surface area contributed by atoms with Gasteiger partial charge in [-0.3, -0.25) is 4.57 Å². The quantitative estimate of drug-likeness (QED) is 0.352. The van der Waals surface area contributed by atoms with Crippen LogP contribution in [0, 0.1) is 0 Å². The van der Waals surface area contributed by atoms with Crippen molar-refractivity contribution in [3.05, 3.63) is 109 Å². The Morgan fingerprint density at radius 2 is 1.37 bits per heavy atom. The molecule has 3 aromatic carbocycles. The molecule has 0 saturated carbocycles. The molecule has 0 radical (unpaired) electrons. The molecular weight excluding hydrogens is 390 g/mol. The van der Waals surface area contributed by atoms with Crippen LogP contribution in [0.25, 0.3) is 22.6 Å². The number of hydrogen-bond acceptors (Lipinski definition) is 4. The number of thioether (sulfide) groups is 1. The Morgan fingerprint density at radius 3 is 2.07 bits per heavy atom. The zero-order valence-electron chi connectivity index (χ0n) is 16.2. The first-order chi connectivity index (χ1) is 14.9. The van der Waals surface area contributed by atoms with Gasteiger partial charge in [-0.2, -0.15) is 5.10 Å². The predicted molar refractivity (Wildman–Crippen MR) is 120 cm³/mol. The Kier molecular flexibility index (Phi) is 5.14. The van der Waals surface area contributed by atoms with E-state index in [4.69, 9.17) is 5.10 Å². The van der Waals surface area contributed by atoms with Gasteiger partial charge in [0, 0.05) is 28.8 Å². The molecule has 0 atom stereocenters. The Labute approximate surface area is 179 Å². The van der Waals surface area contributed by atoms with E-state index in [0.29, 0.717) is 0 Å². The molecule has 0 aliphatic carbocycles. The van der Waals surface area contributed by atoms with E-state index in [2.05, 4.69) is 52.8 Å². The fourth-order valence-corrected chi connectivity index (χ4v) is 4.19. The van der Waals surface area contributed by atoms with E-state index < -0.39 is 0 Å². The highest BCUT2D eigenvalue weighted by atomic mass is 32.2. The van der Waals surface area contributed by atoms with Gasteiger partial charge in [0.1, 0.15) is 6.33 Å². The zero-order chi connectivity index (χ0) is 20.2. The number of hydrogen-bond donors (Lipinski definition) is 0. The lowest BCUT2D eigenvalue weighted by Gasteiger charge is -2.06. The van der Waals surface area contributed by atoms with Crippen molar-refractivity contribution in [2.24, 2.45) is 0 Å². The summed E-state index contributed by atoms with van der Waals surface area (Å²) >= 11 is 1.66. The van der Waals surface area contributed by atoms with Gasteiger partial charge in [-0.25, -0.2) is 4.68 Å². The molecule has 0 saturated heterocycles. The van der Waals surface area contributed by atoms with Crippen LogP contribution in [0.3, 0.4) is 0 Å². The molecule has 0 unspecified atom stereocenters. The summed E-state index contributed by atoms with van der Waals surface area (Å²) in [5, 5.41) is 14.2. The number of rotatable bonds is 6. The van der Waals surface area contributed by atoms with Crippen molar-refractivity contribution in [1.29, 1.82) is 0 Å². The van der Waals surface area contributed by atoms with Crippen molar-refractivity contribution in [3.63, 3.8) is 0 Å². The fourth-order valence-electron chi connectivity index (χ4n) is 3.30. The van der Waals surface area contributed by atoms with Gasteiger partial charge in [0.05, 0.1) is 11.4 Å². The SMILES string of the molecule is c1ccc(-c2nn(-c3ccccc3)cc2CSc2nncn2-c2ccccc2)cc1. The van der Waals surface area contributed by atoms with E-state index in [9.17, 15) is 0 Å². The first-order valence-electron chi connectivity index (χ1n) is 9.66. The van der Waals surface area contributed by atoms with Gasteiger partial charge < -0.3 is 0 Å². The topological polar surface area (TPSA) is 48.5 Å². The van der Waals surface area contributed by atoms with Crippen molar-refractivity contribution in [2.45, 2.75) is 10.9 Å². The molecule has 2 aromatic heterocycles. The van der Waals surface area contributed by atoms with Crippen molar-refractivity contribution in [2.75, 3.05) is 0 Å². The highest BCUT2D eigenvalue weighted by Crippen LogP contribution is 2.30. The summed E-state index contributed by atoms with van der Waals surface area (Å²) in [5.41, 5.74) is 5.33. The minimum Gasteiger partial charge on any atom is -0.277 e. The van der Waals surface area contributed by atoms with Gasteiger partial charge in [0.25, 0.3) is 0 Å². The molecule has 30 heavy (non-hydrogen) atoms. The molecule has 2 heterocycles. The van der Waals surface area contributed by atoms with Crippen LogP contribution in [-0.2, 0) is 5.75 Å². The van der Waals surface area contributed by atoms with E-state index >= 15 is 0 Å². The molecule has 0 N–H and O–H groups in total. The first kappa shape index (κ1) is 18.4. The van der Waals surface area contributed by atoms with Crippen LogP contribution in [-0.4, -0.2) is 24.5 Å². The van der Waals surface area contributed by atoms with Crippen molar-refractivity contribution in [3.8, 4) is 22.6 Å². The third kappa shape index (κ3) is 3.77. The second kappa shape index (κ2) is 8.39. The molecule has 6 heteroatoms. The minimum atomic E-state index is 0.739. The minimum absolute atomic E-state index is 0.739. The van der Waals surface area contributed by atoms with Gasteiger partial charge in [-0.1, -0.05) is 78.5 Å². The van der Waals surface area contributed by atoms with Gasteiger partial charge in [0.15, 0.2) is 5.16 Å². The van der Waals surface area contributed by atoms with Crippen LogP contribution in [0.1, 0.15) is 5.56 Å². The molecule has 5 aromatic rings. The molecule has 0 amide bonds. The van der Waals surface area contributed by atoms with Gasteiger partial charge in [-0.15, -0.1) is 10.2 Å². The van der Waals surface area contributed by atoms with Crippen LogP contribution in [0.15, 0.2) is 109 Å². The fraction of sp³-hybridized carbons (Fsp3) is 0.0417. The third-order valence-electron chi connectivity index (χ3n) is 4.77. The predicted octanol–water partition coefficient (Wildman–Crippen LogP) is 5.41. The molecule has 5 nitrogen and oxygen atoms in total. The van der Waals surface area contributed by atoms with Crippen LogP contribution in [0.2, 0.25) is 0 Å². The number of benzene rings is 3. The standard InChI is InChI=1S/C24H19N5S/c1-4-10-19(11-5-1)23-20(16-29(27-23)22-14-8-3-9-15-22)17-30-24-26-25-18-28(24)21-12-6-2-7-13-21/h1-16,18H,17H2. The summed E-state index contributed by atoms with van der Waals surface area (Å²) in [5.74, 6) is 0.739. The molecule has 0 fully saturated rings. The largest absolute Gasteiger partial charge is 0.277 e. The lowest BCUT2D eigenvalue weighted by Crippen LogP contribution is -1.95. The Morgan fingerprint density at radius 1 is 0.733 bits per heavy atom. The third-order valence-corrected chi connectivity index (χ3v) is 5.76. The van der Waals surface area contributed by atoms with Crippen LogP contribution in [0.5, 0.6) is 0 Å². The number of aromatic nitrogens is 5. The maximum atomic E-state index is 4.89. The molecule has 0 spiro atoms. The lowest BCUT2D eigenvalue weighted by atomic mass is 10.1. The molecule has 146 valence electrons. The van der Waals surface area contributed by atoms with E-state index in [0.717, 1.165) is 39.1 Å². The zero-order valence-corrected chi connectivity index (χ0v) is 17.0. The van der Waals surface area contributed by atoms with Crippen LogP contribution < -0.4 is 0 Å². The van der Waals surface area contributed by atoms with Crippen molar-refractivity contribution < 1.29 is 0 Å². The molecular formula is C24H19N5S. The van der Waals surface area contributed by atoms with Gasteiger partial charge >= 0.3 is 0 Å². The first-order valence-corrected chi connectivity index (χ1v) is 10.6. The maximum Gasteiger partial charge on any atom is 0.195 e. The highest BCUT2D eigenvalue weighted by Gasteiger charge is 2.15. The summed E-state index contributed by atoms with van der Waals surface area (Å²) in [6, 6.07) is 30.6. The summed E-state index contributed by atoms with van der Waals surface area (Å²) < 4.78 is 3.95. The van der Waals surface area contributed by atoms with Crippen LogP contribution in [0.4, 0.5) is 0 Å². The second-order valence-electron chi connectivity index (χ2n) is 6.76. The molecule has 0 aliphatic rings. The monoisotopic (exact) mass is 409 g/mol. The number of nitrogens with zero attached hydrogens (tertiary/aromatic N) is 5. The van der Waals surface area contributed by atoms with E-state index in [1.807, 2.05) is 63.8 Å². The molecule has 0 aliphatic heterocycles. The average molecular weight is 410 g/mol. The van der Waals surface area contributed by atoms with E-state index in [-0.39, 0.29) is 0 Å². The highest BCUT2D eigenvalue weighted by molar-refractivity contribution is 7.98. The Hall–Kier alpha value is -3.64. The van der Waals surface area contributed by atoms with Crippen molar-refractivity contribution in [1.82, 2.24) is 24.5 Å². The lowest BCUT2D eigenvalue weighted by molar-refractivity contribution is 0.882. The smallest absolute Gasteiger partial charge is 0.195 e. The summed E-state index contributed by atoms with van der Waals surface area (Å²) in [6.45, 7) is 0. The second-order valence-corrected chi connectivity index (χ2v) is 7.70. The molecule has 5 rings (SSSR count). The van der Waals surface area contributed by atoms with Crippen LogP contribution >= 0.6 is 11.8 Å². The summed E-state index contributed by atoms with van der Waals surface area (Å²) in [7, 11) is 0. The van der Waals surface area contributed by atoms with Crippen molar-refractivity contribution >= 4 is 11.8 Å². The summed E-state index contributed by atoms with van der Waals surface area (Å²) in [4.78, 5) is 0. The van der Waals surface area contributed by atoms with Gasteiger partial charge in [-0.05, 0) is 24.3 Å². The Balaban J connectivity index is 1.48.